The van der Waals surface area contributed by atoms with Gasteiger partial charge in [0.25, 0.3) is 0 Å². The van der Waals surface area contributed by atoms with Crippen molar-refractivity contribution in [3.05, 3.63) is 63.9 Å². The van der Waals surface area contributed by atoms with E-state index in [-0.39, 0.29) is 0 Å². The number of rotatable bonds is 3. The molecule has 2 rings (SSSR count). The summed E-state index contributed by atoms with van der Waals surface area (Å²) in [5, 5.41) is 0. The maximum Gasteiger partial charge on any atom is 0.0436 e. The zero-order valence-corrected chi connectivity index (χ0v) is 12.7. The SMILES string of the molecule is Cc1ccc(C(Br)Cc2ccncc2)cc1Br. The van der Waals surface area contributed by atoms with Crippen molar-refractivity contribution in [3.63, 3.8) is 0 Å². The van der Waals surface area contributed by atoms with E-state index < -0.39 is 0 Å². The van der Waals surface area contributed by atoms with Crippen LogP contribution in [0.4, 0.5) is 0 Å². The molecule has 3 heteroatoms. The molecule has 0 N–H and O–H groups in total. The smallest absolute Gasteiger partial charge is 0.0436 e. The van der Waals surface area contributed by atoms with Gasteiger partial charge in [0, 0.05) is 21.7 Å². The summed E-state index contributed by atoms with van der Waals surface area (Å²) in [6.45, 7) is 2.10. The minimum absolute atomic E-state index is 0.335. The lowest BCUT2D eigenvalue weighted by molar-refractivity contribution is 0.942. The molecule has 17 heavy (non-hydrogen) atoms. The lowest BCUT2D eigenvalue weighted by Crippen LogP contribution is -1.96. The monoisotopic (exact) mass is 353 g/mol. The molecule has 0 bridgehead atoms. The third-order valence-electron chi connectivity index (χ3n) is 2.72. The second kappa shape index (κ2) is 5.78. The number of pyridine rings is 1. The number of alkyl halides is 1. The summed E-state index contributed by atoms with van der Waals surface area (Å²) in [6.07, 6.45) is 4.64. The van der Waals surface area contributed by atoms with Crippen molar-refractivity contribution in [2.45, 2.75) is 18.2 Å². The summed E-state index contributed by atoms with van der Waals surface area (Å²) >= 11 is 7.31. The van der Waals surface area contributed by atoms with Crippen LogP contribution in [0.5, 0.6) is 0 Å². The Labute approximate surface area is 119 Å². The van der Waals surface area contributed by atoms with Gasteiger partial charge >= 0.3 is 0 Å². The number of aryl methyl sites for hydroxylation is 1. The molecule has 1 nitrogen and oxygen atoms in total. The fourth-order valence-corrected chi connectivity index (χ4v) is 2.70. The normalized spacial score (nSPS) is 12.4. The van der Waals surface area contributed by atoms with Gasteiger partial charge in [0.05, 0.1) is 0 Å². The second-order valence-corrected chi connectivity index (χ2v) is 6.00. The van der Waals surface area contributed by atoms with E-state index in [0.29, 0.717) is 4.83 Å². The van der Waals surface area contributed by atoms with E-state index in [4.69, 9.17) is 0 Å². The van der Waals surface area contributed by atoms with Crippen LogP contribution in [0, 0.1) is 6.92 Å². The largest absolute Gasteiger partial charge is 0.265 e. The molecule has 0 aliphatic rings. The Morgan fingerprint density at radius 3 is 2.53 bits per heavy atom. The molecule has 0 saturated carbocycles. The zero-order chi connectivity index (χ0) is 12.3. The Bertz CT molecular complexity index is 497. The van der Waals surface area contributed by atoms with E-state index in [0.717, 1.165) is 10.9 Å². The first kappa shape index (κ1) is 12.8. The minimum Gasteiger partial charge on any atom is -0.265 e. The first-order valence-corrected chi connectivity index (χ1v) is 7.16. The summed E-state index contributed by atoms with van der Waals surface area (Å²) in [5.74, 6) is 0. The van der Waals surface area contributed by atoms with Crippen molar-refractivity contribution >= 4 is 31.9 Å². The molecule has 0 saturated heterocycles. The summed E-state index contributed by atoms with van der Waals surface area (Å²) in [5.41, 5.74) is 3.84. The first-order valence-electron chi connectivity index (χ1n) is 5.46. The Morgan fingerprint density at radius 2 is 1.88 bits per heavy atom. The zero-order valence-electron chi connectivity index (χ0n) is 9.53. The number of hydrogen-bond donors (Lipinski definition) is 0. The van der Waals surface area contributed by atoms with Crippen LogP contribution in [0.3, 0.4) is 0 Å². The van der Waals surface area contributed by atoms with E-state index in [1.807, 2.05) is 12.4 Å². The molecular formula is C14H13Br2N. The average Bonchev–Trinajstić information content (AvgIpc) is 2.34. The van der Waals surface area contributed by atoms with Gasteiger partial charge < -0.3 is 0 Å². The van der Waals surface area contributed by atoms with Crippen molar-refractivity contribution in [1.82, 2.24) is 4.98 Å². The van der Waals surface area contributed by atoms with E-state index in [1.165, 1.54) is 16.7 Å². The molecular weight excluding hydrogens is 342 g/mol. The van der Waals surface area contributed by atoms with Crippen LogP contribution in [0.2, 0.25) is 0 Å². The van der Waals surface area contributed by atoms with Crippen LogP contribution < -0.4 is 0 Å². The summed E-state index contributed by atoms with van der Waals surface area (Å²) in [7, 11) is 0. The predicted molar refractivity (Wildman–Crippen MR) is 78.5 cm³/mol. The van der Waals surface area contributed by atoms with Crippen molar-refractivity contribution < 1.29 is 0 Å². The molecule has 1 heterocycles. The average molecular weight is 355 g/mol. The Kier molecular flexibility index (Phi) is 4.35. The molecule has 2 aromatic rings. The third kappa shape index (κ3) is 3.39. The van der Waals surface area contributed by atoms with Crippen molar-refractivity contribution in [2.24, 2.45) is 0 Å². The number of benzene rings is 1. The summed E-state index contributed by atoms with van der Waals surface area (Å²) < 4.78 is 1.16. The van der Waals surface area contributed by atoms with Crippen LogP contribution in [0.25, 0.3) is 0 Å². The molecule has 0 amide bonds. The Morgan fingerprint density at radius 1 is 1.18 bits per heavy atom. The topological polar surface area (TPSA) is 12.9 Å². The molecule has 1 atom stereocenters. The van der Waals surface area contributed by atoms with Crippen LogP contribution >= 0.6 is 31.9 Å². The highest BCUT2D eigenvalue weighted by Gasteiger charge is 2.09. The van der Waals surface area contributed by atoms with Crippen molar-refractivity contribution in [1.29, 1.82) is 0 Å². The van der Waals surface area contributed by atoms with Gasteiger partial charge in [0.1, 0.15) is 0 Å². The lowest BCUT2D eigenvalue weighted by Gasteiger charge is -2.11. The van der Waals surface area contributed by atoms with Gasteiger partial charge in [-0.2, -0.15) is 0 Å². The van der Waals surface area contributed by atoms with Crippen molar-refractivity contribution in [2.75, 3.05) is 0 Å². The van der Waals surface area contributed by atoms with Gasteiger partial charge in [-0.05, 0) is 48.2 Å². The Balaban J connectivity index is 2.14. The predicted octanol–water partition coefficient (Wildman–Crippen LogP) is 4.83. The fraction of sp³-hybridized carbons (Fsp3) is 0.214. The van der Waals surface area contributed by atoms with E-state index in [1.54, 1.807) is 0 Å². The molecule has 0 fully saturated rings. The van der Waals surface area contributed by atoms with Gasteiger partial charge in [-0.3, -0.25) is 4.98 Å². The minimum atomic E-state index is 0.335. The molecule has 1 aromatic heterocycles. The highest BCUT2D eigenvalue weighted by atomic mass is 79.9. The van der Waals surface area contributed by atoms with E-state index >= 15 is 0 Å². The lowest BCUT2D eigenvalue weighted by atomic mass is 10.0. The first-order chi connectivity index (χ1) is 8.16. The highest BCUT2D eigenvalue weighted by molar-refractivity contribution is 9.10. The van der Waals surface area contributed by atoms with E-state index in [9.17, 15) is 0 Å². The third-order valence-corrected chi connectivity index (χ3v) is 4.43. The van der Waals surface area contributed by atoms with Crippen LogP contribution in [0.1, 0.15) is 21.5 Å². The maximum atomic E-state index is 4.03. The fourth-order valence-electron chi connectivity index (χ4n) is 1.65. The molecule has 0 aliphatic carbocycles. The molecule has 0 spiro atoms. The van der Waals surface area contributed by atoms with E-state index in [2.05, 4.69) is 74.1 Å². The maximum absolute atomic E-state index is 4.03. The number of nitrogens with zero attached hydrogens (tertiary/aromatic N) is 1. The quantitative estimate of drug-likeness (QED) is 0.719. The van der Waals surface area contributed by atoms with Crippen LogP contribution in [0.15, 0.2) is 47.2 Å². The van der Waals surface area contributed by atoms with Crippen LogP contribution in [-0.4, -0.2) is 4.98 Å². The van der Waals surface area contributed by atoms with Crippen LogP contribution in [-0.2, 0) is 6.42 Å². The van der Waals surface area contributed by atoms with Gasteiger partial charge in [0.15, 0.2) is 0 Å². The number of aromatic nitrogens is 1. The highest BCUT2D eigenvalue weighted by Crippen LogP contribution is 2.29. The van der Waals surface area contributed by atoms with Gasteiger partial charge in [0.2, 0.25) is 0 Å². The molecule has 1 unspecified atom stereocenters. The summed E-state index contributed by atoms with van der Waals surface area (Å²) in [6, 6.07) is 10.6. The standard InChI is InChI=1S/C14H13Br2N/c1-10-2-3-12(9-13(10)15)14(16)8-11-4-6-17-7-5-11/h2-7,9,14H,8H2,1H3. The Hall–Kier alpha value is -0.670. The van der Waals surface area contributed by atoms with Crippen molar-refractivity contribution in [3.8, 4) is 0 Å². The molecule has 0 radical (unpaired) electrons. The molecule has 0 aliphatic heterocycles. The van der Waals surface area contributed by atoms with Gasteiger partial charge in [-0.15, -0.1) is 0 Å². The second-order valence-electron chi connectivity index (χ2n) is 4.04. The molecule has 88 valence electrons. The summed E-state index contributed by atoms with van der Waals surface area (Å²) in [4.78, 5) is 4.36. The van der Waals surface area contributed by atoms with Gasteiger partial charge in [-0.1, -0.05) is 44.0 Å². The molecule has 1 aromatic carbocycles. The number of halogens is 2. The van der Waals surface area contributed by atoms with Gasteiger partial charge in [-0.25, -0.2) is 0 Å². The number of hydrogen-bond acceptors (Lipinski definition) is 1.